The molecule has 0 amide bonds. The number of aromatic nitrogens is 2. The molecule has 17 heavy (non-hydrogen) atoms. The Balaban J connectivity index is 2.86. The molecule has 0 atom stereocenters. The number of rotatable bonds is 5. The number of hydrogen-bond acceptors (Lipinski definition) is 3. The van der Waals surface area contributed by atoms with Crippen molar-refractivity contribution in [3.8, 4) is 0 Å². The number of thioether (sulfide) groups is 1. The molecule has 0 saturated heterocycles. The van der Waals surface area contributed by atoms with Crippen molar-refractivity contribution in [2.75, 3.05) is 0 Å². The molecule has 0 spiro atoms. The summed E-state index contributed by atoms with van der Waals surface area (Å²) in [6, 6.07) is 0. The van der Waals surface area contributed by atoms with Crippen molar-refractivity contribution in [1.29, 1.82) is 0 Å². The van der Waals surface area contributed by atoms with E-state index in [1.807, 2.05) is 18.5 Å². The van der Waals surface area contributed by atoms with Gasteiger partial charge in [-0.3, -0.25) is 9.48 Å². The van der Waals surface area contributed by atoms with Crippen molar-refractivity contribution in [3.63, 3.8) is 0 Å². The Hall–Kier alpha value is -0.490. The van der Waals surface area contributed by atoms with E-state index in [1.165, 1.54) is 11.8 Å². The second-order valence-corrected chi connectivity index (χ2v) is 6.66. The number of aliphatic carboxylic acids is 1. The van der Waals surface area contributed by atoms with Crippen molar-refractivity contribution in [3.05, 3.63) is 15.9 Å². The van der Waals surface area contributed by atoms with Crippen LogP contribution in [-0.4, -0.2) is 25.6 Å². The molecule has 0 fully saturated rings. The molecule has 1 aromatic rings. The van der Waals surface area contributed by atoms with Crippen LogP contribution in [0.5, 0.6) is 0 Å². The highest BCUT2D eigenvalue weighted by Gasteiger charge is 2.28. The Morgan fingerprint density at radius 3 is 2.65 bits per heavy atom. The first kappa shape index (κ1) is 14.6. The lowest BCUT2D eigenvalue weighted by Crippen LogP contribution is -2.27. The molecule has 4 nitrogen and oxygen atoms in total. The lowest BCUT2D eigenvalue weighted by Gasteiger charge is -2.18. The zero-order valence-electron chi connectivity index (χ0n) is 10.5. The first-order chi connectivity index (χ1) is 7.79. The van der Waals surface area contributed by atoms with E-state index in [0.717, 1.165) is 22.4 Å². The number of carboxylic acids is 1. The molecule has 0 radical (unpaired) electrons. The quantitative estimate of drug-likeness (QED) is 0.905. The molecular weight excluding hydrogens is 304 g/mol. The van der Waals surface area contributed by atoms with Gasteiger partial charge in [0.05, 0.1) is 15.9 Å². The molecule has 0 aliphatic heterocycles. The maximum Gasteiger partial charge on any atom is 0.319 e. The zero-order valence-corrected chi connectivity index (χ0v) is 12.9. The van der Waals surface area contributed by atoms with E-state index in [1.54, 1.807) is 13.8 Å². The lowest BCUT2D eigenvalue weighted by molar-refractivity contribution is -0.138. The fourth-order valence-corrected chi connectivity index (χ4v) is 2.84. The summed E-state index contributed by atoms with van der Waals surface area (Å²) in [5.41, 5.74) is 1.99. The maximum atomic E-state index is 11.0. The molecule has 0 unspecified atom stereocenters. The molecule has 6 heteroatoms. The maximum absolute atomic E-state index is 11.0. The molecule has 1 aromatic heterocycles. The molecule has 0 saturated carbocycles. The van der Waals surface area contributed by atoms with Crippen LogP contribution < -0.4 is 0 Å². The van der Waals surface area contributed by atoms with Crippen molar-refractivity contribution in [2.24, 2.45) is 0 Å². The van der Waals surface area contributed by atoms with Gasteiger partial charge >= 0.3 is 5.97 Å². The smallest absolute Gasteiger partial charge is 0.319 e. The standard InChI is InChI=1S/C11H17BrN2O2S/c1-5-14-8(9(12)7(2)13-14)6-17-11(3,4)10(15)16/h5-6H2,1-4H3,(H,15,16). The number of hydrogen-bond donors (Lipinski definition) is 1. The van der Waals surface area contributed by atoms with Crippen LogP contribution in [0.1, 0.15) is 32.2 Å². The Morgan fingerprint density at radius 2 is 2.18 bits per heavy atom. The summed E-state index contributed by atoms with van der Waals surface area (Å²) in [6.45, 7) is 8.18. The predicted octanol–water partition coefficient (Wildman–Crippen LogP) is 3.07. The van der Waals surface area contributed by atoms with E-state index in [-0.39, 0.29) is 0 Å². The SMILES string of the molecule is CCn1nc(C)c(Br)c1CSC(C)(C)C(=O)O. The molecule has 1 rings (SSSR count). The van der Waals surface area contributed by atoms with Crippen LogP contribution in [0.15, 0.2) is 4.47 Å². The van der Waals surface area contributed by atoms with E-state index >= 15 is 0 Å². The topological polar surface area (TPSA) is 55.1 Å². The van der Waals surface area contributed by atoms with Crippen molar-refractivity contribution < 1.29 is 9.90 Å². The van der Waals surface area contributed by atoms with Gasteiger partial charge in [0.1, 0.15) is 4.75 Å². The van der Waals surface area contributed by atoms with Crippen molar-refractivity contribution in [2.45, 2.75) is 44.7 Å². The van der Waals surface area contributed by atoms with Crippen LogP contribution in [0, 0.1) is 6.92 Å². The third kappa shape index (κ3) is 3.25. The number of halogens is 1. The van der Waals surface area contributed by atoms with E-state index in [4.69, 9.17) is 5.11 Å². The second kappa shape index (κ2) is 5.44. The van der Waals surface area contributed by atoms with Gasteiger partial charge in [-0.1, -0.05) is 0 Å². The fourth-order valence-electron chi connectivity index (χ4n) is 1.32. The normalized spacial score (nSPS) is 11.8. The monoisotopic (exact) mass is 320 g/mol. The van der Waals surface area contributed by atoms with Gasteiger partial charge in [-0.25, -0.2) is 0 Å². The Bertz CT molecular complexity index is 429. The van der Waals surface area contributed by atoms with Crippen LogP contribution in [0.3, 0.4) is 0 Å². The molecule has 1 heterocycles. The fraction of sp³-hybridized carbons (Fsp3) is 0.636. The van der Waals surface area contributed by atoms with E-state index in [2.05, 4.69) is 21.0 Å². The Morgan fingerprint density at radius 1 is 1.59 bits per heavy atom. The van der Waals surface area contributed by atoms with Crippen molar-refractivity contribution in [1.82, 2.24) is 9.78 Å². The summed E-state index contributed by atoms with van der Waals surface area (Å²) >= 11 is 4.91. The van der Waals surface area contributed by atoms with Gasteiger partial charge in [0.2, 0.25) is 0 Å². The van der Waals surface area contributed by atoms with Crippen LogP contribution in [-0.2, 0) is 17.1 Å². The third-order valence-corrected chi connectivity index (χ3v) is 4.88. The number of nitrogens with zero attached hydrogens (tertiary/aromatic N) is 2. The molecule has 0 aromatic carbocycles. The van der Waals surface area contributed by atoms with Gasteiger partial charge in [-0.05, 0) is 43.6 Å². The van der Waals surface area contributed by atoms with Gasteiger partial charge < -0.3 is 5.11 Å². The molecule has 96 valence electrons. The van der Waals surface area contributed by atoms with Gasteiger partial charge in [0.25, 0.3) is 0 Å². The van der Waals surface area contributed by atoms with Gasteiger partial charge in [0.15, 0.2) is 0 Å². The Labute approximate surface area is 114 Å². The highest BCUT2D eigenvalue weighted by atomic mass is 79.9. The summed E-state index contributed by atoms with van der Waals surface area (Å²) in [5.74, 6) is -0.160. The average molecular weight is 321 g/mol. The summed E-state index contributed by atoms with van der Waals surface area (Å²) in [5, 5.41) is 13.4. The number of carbonyl (C=O) groups is 1. The van der Waals surface area contributed by atoms with Gasteiger partial charge in [-0.15, -0.1) is 11.8 Å². The third-order valence-electron chi connectivity index (χ3n) is 2.54. The Kier molecular flexibility index (Phi) is 4.66. The van der Waals surface area contributed by atoms with Crippen molar-refractivity contribution >= 4 is 33.7 Å². The molecule has 0 aliphatic rings. The van der Waals surface area contributed by atoms with Gasteiger partial charge in [0, 0.05) is 12.3 Å². The first-order valence-electron chi connectivity index (χ1n) is 5.38. The minimum atomic E-state index is -0.794. The summed E-state index contributed by atoms with van der Waals surface area (Å²) < 4.78 is 2.11. The summed E-state index contributed by atoms with van der Waals surface area (Å²) in [6.07, 6.45) is 0. The van der Waals surface area contributed by atoms with Gasteiger partial charge in [-0.2, -0.15) is 5.10 Å². The van der Waals surface area contributed by atoms with E-state index in [0.29, 0.717) is 5.75 Å². The van der Waals surface area contributed by atoms with E-state index < -0.39 is 10.7 Å². The highest BCUT2D eigenvalue weighted by Crippen LogP contribution is 2.32. The molecule has 0 bridgehead atoms. The minimum absolute atomic E-state index is 0.633. The van der Waals surface area contributed by atoms with Crippen LogP contribution in [0.4, 0.5) is 0 Å². The number of carboxylic acid groups (broad SMARTS) is 1. The summed E-state index contributed by atoms with van der Waals surface area (Å²) in [7, 11) is 0. The molecular formula is C11H17BrN2O2S. The highest BCUT2D eigenvalue weighted by molar-refractivity contribution is 9.10. The molecule has 1 N–H and O–H groups in total. The lowest BCUT2D eigenvalue weighted by atomic mass is 10.2. The van der Waals surface area contributed by atoms with E-state index in [9.17, 15) is 4.79 Å². The minimum Gasteiger partial charge on any atom is -0.480 e. The van der Waals surface area contributed by atoms with Crippen LogP contribution in [0.2, 0.25) is 0 Å². The zero-order chi connectivity index (χ0) is 13.2. The largest absolute Gasteiger partial charge is 0.480 e. The second-order valence-electron chi connectivity index (χ2n) is 4.27. The number of aryl methyl sites for hydroxylation is 2. The van der Waals surface area contributed by atoms with Crippen LogP contribution >= 0.6 is 27.7 Å². The van der Waals surface area contributed by atoms with Crippen LogP contribution in [0.25, 0.3) is 0 Å². The molecule has 0 aliphatic carbocycles. The summed E-state index contributed by atoms with van der Waals surface area (Å²) in [4.78, 5) is 11.0. The first-order valence-corrected chi connectivity index (χ1v) is 7.16. The predicted molar refractivity (Wildman–Crippen MR) is 73.3 cm³/mol. The average Bonchev–Trinajstić information content (AvgIpc) is 2.52.